The number of likely N-dealkylation sites (N-methyl/N-ethyl adjacent to an activating group) is 1. The van der Waals surface area contributed by atoms with Crippen molar-refractivity contribution in [3.05, 3.63) is 29.6 Å². The Morgan fingerprint density at radius 1 is 1.33 bits per heavy atom. The monoisotopic (exact) mass is 308 g/mol. The van der Waals surface area contributed by atoms with Crippen LogP contribution in [0.5, 0.6) is 0 Å². The number of amides is 2. The highest BCUT2D eigenvalue weighted by Crippen LogP contribution is 2.33. The Hall–Kier alpha value is -1.83. The maximum Gasteiger partial charge on any atom is 0.419 e. The largest absolute Gasteiger partial charge is 0.419 e. The highest BCUT2D eigenvalue weighted by atomic mass is 19.4. The van der Waals surface area contributed by atoms with Gasteiger partial charge in [-0.2, -0.15) is 13.2 Å². The predicted octanol–water partition coefficient (Wildman–Crippen LogP) is 3.08. The number of alkyl halides is 3. The van der Waals surface area contributed by atoms with Crippen molar-refractivity contribution in [3.63, 3.8) is 0 Å². The van der Waals surface area contributed by atoms with Crippen LogP contribution in [-0.2, 0) is 6.18 Å². The van der Waals surface area contributed by atoms with Gasteiger partial charge in [-0.1, -0.05) is 0 Å². The van der Waals surface area contributed by atoms with E-state index in [1.54, 1.807) is 0 Å². The second kappa shape index (κ2) is 5.88. The van der Waals surface area contributed by atoms with Gasteiger partial charge in [0.2, 0.25) is 0 Å². The predicted molar refractivity (Wildman–Crippen MR) is 69.3 cm³/mol. The van der Waals surface area contributed by atoms with Gasteiger partial charge in [-0.05, 0) is 32.0 Å². The summed E-state index contributed by atoms with van der Waals surface area (Å²) >= 11 is 0. The molecule has 1 aromatic carbocycles. The SMILES string of the molecule is CN(CC(C)(C)O)C(=O)Nc1ccc(F)c(C(F)(F)F)c1. The van der Waals surface area contributed by atoms with E-state index in [2.05, 4.69) is 5.32 Å². The Morgan fingerprint density at radius 2 is 1.90 bits per heavy atom. The molecule has 0 unspecified atom stereocenters. The lowest BCUT2D eigenvalue weighted by Crippen LogP contribution is -2.41. The number of aliphatic hydroxyl groups is 1. The number of nitrogens with one attached hydrogen (secondary N) is 1. The van der Waals surface area contributed by atoms with Crippen molar-refractivity contribution in [2.75, 3.05) is 18.9 Å². The summed E-state index contributed by atoms with van der Waals surface area (Å²) in [5.74, 6) is -1.41. The first-order chi connectivity index (χ1) is 9.40. The molecule has 21 heavy (non-hydrogen) atoms. The summed E-state index contributed by atoms with van der Waals surface area (Å²) in [6.45, 7) is 2.94. The topological polar surface area (TPSA) is 52.6 Å². The molecule has 4 nitrogen and oxygen atoms in total. The van der Waals surface area contributed by atoms with Gasteiger partial charge in [-0.3, -0.25) is 0 Å². The van der Waals surface area contributed by atoms with Crippen LogP contribution >= 0.6 is 0 Å². The summed E-state index contributed by atoms with van der Waals surface area (Å²) in [5, 5.41) is 11.8. The van der Waals surface area contributed by atoms with E-state index in [1.807, 2.05) is 0 Å². The summed E-state index contributed by atoms with van der Waals surface area (Å²) in [6.07, 6.45) is -4.84. The minimum Gasteiger partial charge on any atom is -0.389 e. The molecule has 0 fully saturated rings. The minimum atomic E-state index is -4.84. The van der Waals surface area contributed by atoms with Crippen LogP contribution in [0.3, 0.4) is 0 Å². The van der Waals surface area contributed by atoms with Crippen LogP contribution in [-0.4, -0.2) is 35.2 Å². The molecule has 1 rings (SSSR count). The van der Waals surface area contributed by atoms with Crippen molar-refractivity contribution in [1.82, 2.24) is 4.90 Å². The number of carbonyl (C=O) groups excluding carboxylic acids is 1. The zero-order chi connectivity index (χ0) is 16.4. The molecule has 0 aliphatic carbocycles. The molecule has 0 aliphatic heterocycles. The number of carbonyl (C=O) groups is 1. The number of halogens is 4. The van der Waals surface area contributed by atoms with Crippen LogP contribution in [0.2, 0.25) is 0 Å². The van der Waals surface area contributed by atoms with Gasteiger partial charge in [-0.15, -0.1) is 0 Å². The van der Waals surface area contributed by atoms with Crippen molar-refractivity contribution in [2.24, 2.45) is 0 Å². The molecule has 118 valence electrons. The number of hydrogen-bond acceptors (Lipinski definition) is 2. The molecule has 0 bridgehead atoms. The van der Waals surface area contributed by atoms with Gasteiger partial charge in [0.25, 0.3) is 0 Å². The molecule has 1 aromatic rings. The quantitative estimate of drug-likeness (QED) is 0.843. The molecular formula is C13H16F4N2O2. The first-order valence-electron chi connectivity index (χ1n) is 6.01. The van der Waals surface area contributed by atoms with Crippen LogP contribution in [0.15, 0.2) is 18.2 Å². The first kappa shape index (κ1) is 17.2. The summed E-state index contributed by atoms with van der Waals surface area (Å²) < 4.78 is 50.8. The van der Waals surface area contributed by atoms with E-state index in [-0.39, 0.29) is 12.2 Å². The Balaban J connectivity index is 2.87. The molecule has 0 heterocycles. The van der Waals surface area contributed by atoms with Gasteiger partial charge < -0.3 is 15.3 Å². The summed E-state index contributed by atoms with van der Waals surface area (Å²) in [4.78, 5) is 12.9. The zero-order valence-electron chi connectivity index (χ0n) is 11.8. The molecular weight excluding hydrogens is 292 g/mol. The normalized spacial score (nSPS) is 12.2. The Labute approximate surface area is 119 Å². The van der Waals surface area contributed by atoms with E-state index in [9.17, 15) is 27.5 Å². The van der Waals surface area contributed by atoms with Crippen LogP contribution in [0.4, 0.5) is 28.0 Å². The molecule has 0 radical (unpaired) electrons. The van der Waals surface area contributed by atoms with Crippen molar-refractivity contribution < 1.29 is 27.5 Å². The van der Waals surface area contributed by atoms with E-state index in [4.69, 9.17) is 0 Å². The average molecular weight is 308 g/mol. The van der Waals surface area contributed by atoms with E-state index in [1.165, 1.54) is 20.9 Å². The number of hydrogen-bond donors (Lipinski definition) is 2. The van der Waals surface area contributed by atoms with Gasteiger partial charge in [0.15, 0.2) is 0 Å². The number of benzene rings is 1. The van der Waals surface area contributed by atoms with Crippen molar-refractivity contribution in [1.29, 1.82) is 0 Å². The summed E-state index contributed by atoms with van der Waals surface area (Å²) in [7, 11) is 1.38. The van der Waals surface area contributed by atoms with Crippen LogP contribution < -0.4 is 5.32 Å². The number of nitrogens with zero attached hydrogens (tertiary/aromatic N) is 1. The van der Waals surface area contributed by atoms with E-state index in [0.717, 1.165) is 11.0 Å². The van der Waals surface area contributed by atoms with Crippen LogP contribution in [0.25, 0.3) is 0 Å². The highest BCUT2D eigenvalue weighted by molar-refractivity contribution is 5.89. The maximum absolute atomic E-state index is 13.1. The fourth-order valence-electron chi connectivity index (χ4n) is 1.69. The third-order valence-electron chi connectivity index (χ3n) is 2.49. The molecule has 2 amide bonds. The maximum atomic E-state index is 13.1. The molecule has 0 saturated carbocycles. The van der Waals surface area contributed by atoms with E-state index >= 15 is 0 Å². The van der Waals surface area contributed by atoms with E-state index in [0.29, 0.717) is 12.1 Å². The Bertz CT molecular complexity index is 524. The lowest BCUT2D eigenvalue weighted by molar-refractivity contribution is -0.139. The third-order valence-corrected chi connectivity index (χ3v) is 2.49. The lowest BCUT2D eigenvalue weighted by atomic mass is 10.1. The van der Waals surface area contributed by atoms with Gasteiger partial charge in [0.05, 0.1) is 17.7 Å². The minimum absolute atomic E-state index is 0.0217. The number of urea groups is 1. The molecule has 8 heteroatoms. The molecule has 0 saturated heterocycles. The molecule has 0 aromatic heterocycles. The molecule has 2 N–H and O–H groups in total. The van der Waals surface area contributed by atoms with Crippen molar-refractivity contribution in [2.45, 2.75) is 25.6 Å². The van der Waals surface area contributed by atoms with Crippen LogP contribution in [0.1, 0.15) is 19.4 Å². The lowest BCUT2D eigenvalue weighted by Gasteiger charge is -2.25. The zero-order valence-corrected chi connectivity index (χ0v) is 11.8. The molecule has 0 atom stereocenters. The fourth-order valence-corrected chi connectivity index (χ4v) is 1.69. The summed E-state index contributed by atoms with van der Waals surface area (Å²) in [6, 6.07) is 1.47. The van der Waals surface area contributed by atoms with Gasteiger partial charge in [0.1, 0.15) is 5.82 Å². The molecule has 0 aliphatic rings. The average Bonchev–Trinajstić information content (AvgIpc) is 2.27. The molecule has 0 spiro atoms. The van der Waals surface area contributed by atoms with Gasteiger partial charge in [-0.25, -0.2) is 9.18 Å². The Morgan fingerprint density at radius 3 is 2.38 bits per heavy atom. The van der Waals surface area contributed by atoms with Crippen molar-refractivity contribution in [3.8, 4) is 0 Å². The van der Waals surface area contributed by atoms with Crippen LogP contribution in [0, 0.1) is 5.82 Å². The smallest absolute Gasteiger partial charge is 0.389 e. The van der Waals surface area contributed by atoms with Gasteiger partial charge >= 0.3 is 12.2 Å². The second-order valence-electron chi connectivity index (χ2n) is 5.29. The third kappa shape index (κ3) is 5.22. The fraction of sp³-hybridized carbons (Fsp3) is 0.462. The number of rotatable bonds is 3. The second-order valence-corrected chi connectivity index (χ2v) is 5.29. The van der Waals surface area contributed by atoms with Gasteiger partial charge in [0, 0.05) is 12.7 Å². The highest BCUT2D eigenvalue weighted by Gasteiger charge is 2.34. The first-order valence-corrected chi connectivity index (χ1v) is 6.01. The van der Waals surface area contributed by atoms with Crippen molar-refractivity contribution >= 4 is 11.7 Å². The number of anilines is 1. The Kier molecular flexibility index (Phi) is 4.83. The standard InChI is InChI=1S/C13H16F4N2O2/c1-12(2,21)7-19(3)11(20)18-8-4-5-10(14)9(6-8)13(15,16)17/h4-6,21H,7H2,1-3H3,(H,18,20). The summed E-state index contributed by atoms with van der Waals surface area (Å²) in [5.41, 5.74) is -2.78. The van der Waals surface area contributed by atoms with E-state index < -0.39 is 29.2 Å².